The van der Waals surface area contributed by atoms with E-state index in [2.05, 4.69) is 6.92 Å². The van der Waals surface area contributed by atoms with Gasteiger partial charge in [-0.3, -0.25) is 4.79 Å². The van der Waals surface area contributed by atoms with E-state index in [1.54, 1.807) is 78.9 Å². The fourth-order valence-electron chi connectivity index (χ4n) is 3.72. The summed E-state index contributed by atoms with van der Waals surface area (Å²) in [6.45, 7) is 1.93. The highest BCUT2D eigenvalue weighted by molar-refractivity contribution is 7.89. The lowest BCUT2D eigenvalue weighted by Gasteiger charge is -2.29. The summed E-state index contributed by atoms with van der Waals surface area (Å²) in [5, 5.41) is 0. The third kappa shape index (κ3) is 5.70. The molecule has 0 saturated heterocycles. The molecule has 1 atom stereocenters. The molecule has 1 amide bonds. The number of carbonyl (C=O) groups excluding carboxylic acids is 2. The number of benzene rings is 3. The number of amides is 1. The van der Waals surface area contributed by atoms with E-state index in [4.69, 9.17) is 10.5 Å². The molecule has 0 unspecified atom stereocenters. The summed E-state index contributed by atoms with van der Waals surface area (Å²) in [4.78, 5) is 24.4. The molecule has 7 nitrogen and oxygen atoms in total. The van der Waals surface area contributed by atoms with E-state index in [0.717, 1.165) is 22.7 Å². The van der Waals surface area contributed by atoms with Gasteiger partial charge in [0.15, 0.2) is 0 Å². The Kier molecular flexibility index (Phi) is 8.20. The number of ether oxygens (including phenoxy) is 1. The monoisotopic (exact) mass is 480 g/mol. The van der Waals surface area contributed by atoms with Crippen LogP contribution in [0.1, 0.15) is 46.4 Å². The second-order valence-corrected chi connectivity index (χ2v) is 9.74. The molecule has 3 aromatic rings. The molecular weight excluding hydrogens is 452 g/mol. The molecule has 0 radical (unpaired) electrons. The molecule has 0 aliphatic heterocycles. The predicted molar refractivity (Wildman–Crippen MR) is 129 cm³/mol. The largest absolute Gasteiger partial charge is 0.465 e. The van der Waals surface area contributed by atoms with Crippen molar-refractivity contribution in [3.63, 3.8) is 0 Å². The minimum atomic E-state index is -4.11. The first kappa shape index (κ1) is 25.1. The molecule has 0 aliphatic rings. The third-order valence-corrected chi connectivity index (χ3v) is 7.28. The van der Waals surface area contributed by atoms with E-state index in [-0.39, 0.29) is 11.4 Å². The van der Waals surface area contributed by atoms with E-state index in [0.29, 0.717) is 16.7 Å². The van der Waals surface area contributed by atoms with Crippen molar-refractivity contribution in [2.24, 2.45) is 5.73 Å². The van der Waals surface area contributed by atoms with Gasteiger partial charge in [0.25, 0.3) is 0 Å². The Labute approximate surface area is 200 Å². The fraction of sp³-hybridized carbons (Fsp3) is 0.231. The van der Waals surface area contributed by atoms with Crippen molar-refractivity contribution in [2.45, 2.75) is 37.2 Å². The number of esters is 1. The molecular formula is C26H28N2O5S. The normalized spacial score (nSPS) is 12.3. The van der Waals surface area contributed by atoms with Crippen LogP contribution < -0.4 is 5.73 Å². The molecule has 8 heteroatoms. The SMILES string of the molecule is CCCc1ccc(S(=O)(=O)N(Cc2ccc(C(=O)OC)cc2)[C@@H](C(N)=O)c2ccccc2)cc1. The van der Waals surface area contributed by atoms with Crippen LogP contribution in [0.15, 0.2) is 83.8 Å². The van der Waals surface area contributed by atoms with Crippen LogP contribution in [0.2, 0.25) is 0 Å². The zero-order chi connectivity index (χ0) is 24.7. The number of nitrogens with zero attached hydrogens (tertiary/aromatic N) is 1. The molecule has 0 spiro atoms. The molecule has 0 saturated carbocycles. The van der Waals surface area contributed by atoms with Gasteiger partial charge in [-0.2, -0.15) is 4.31 Å². The molecule has 3 rings (SSSR count). The number of primary amides is 1. The standard InChI is InChI=1S/C26H28N2O5S/c1-3-7-19-12-16-23(17-13-19)34(31,32)28(24(25(27)29)21-8-5-4-6-9-21)18-20-10-14-22(15-11-20)26(30)33-2/h4-6,8-17,24H,3,7,18H2,1-2H3,(H2,27,29)/t24-/m1/s1. The van der Waals surface area contributed by atoms with E-state index < -0.39 is 27.9 Å². The molecule has 2 N–H and O–H groups in total. The van der Waals surface area contributed by atoms with Crippen LogP contribution >= 0.6 is 0 Å². The van der Waals surface area contributed by atoms with Crippen molar-refractivity contribution in [2.75, 3.05) is 7.11 Å². The lowest BCUT2D eigenvalue weighted by atomic mass is 10.1. The Morgan fingerprint density at radius 2 is 1.50 bits per heavy atom. The number of sulfonamides is 1. The van der Waals surface area contributed by atoms with Crippen LogP contribution in [0.25, 0.3) is 0 Å². The smallest absolute Gasteiger partial charge is 0.337 e. The van der Waals surface area contributed by atoms with Crippen molar-refractivity contribution in [1.29, 1.82) is 0 Å². The van der Waals surface area contributed by atoms with Gasteiger partial charge >= 0.3 is 5.97 Å². The summed E-state index contributed by atoms with van der Waals surface area (Å²) in [7, 11) is -2.83. The quantitative estimate of drug-likeness (QED) is 0.444. The number of hydrogen-bond donors (Lipinski definition) is 1. The van der Waals surface area contributed by atoms with Crippen molar-refractivity contribution < 1.29 is 22.7 Å². The molecule has 0 bridgehead atoms. The molecule has 178 valence electrons. The Morgan fingerprint density at radius 3 is 2.03 bits per heavy atom. The van der Waals surface area contributed by atoms with Gasteiger partial charge in [-0.25, -0.2) is 13.2 Å². The van der Waals surface area contributed by atoms with Crippen molar-refractivity contribution in [1.82, 2.24) is 4.31 Å². The fourth-order valence-corrected chi connectivity index (χ4v) is 5.29. The van der Waals surface area contributed by atoms with Gasteiger partial charge in [-0.15, -0.1) is 0 Å². The van der Waals surface area contributed by atoms with Crippen molar-refractivity contribution >= 4 is 21.9 Å². The molecule has 34 heavy (non-hydrogen) atoms. The highest BCUT2D eigenvalue weighted by atomic mass is 32.2. The second kappa shape index (κ2) is 11.1. The van der Waals surface area contributed by atoms with Gasteiger partial charge in [-0.05, 0) is 47.4 Å². The Balaban J connectivity index is 2.07. The van der Waals surface area contributed by atoms with Crippen LogP contribution in [-0.4, -0.2) is 31.7 Å². The number of methoxy groups -OCH3 is 1. The topological polar surface area (TPSA) is 107 Å². The predicted octanol–water partition coefficient (Wildman–Crippen LogP) is 3.84. The highest BCUT2D eigenvalue weighted by Gasteiger charge is 2.36. The average molecular weight is 481 g/mol. The minimum Gasteiger partial charge on any atom is -0.465 e. The lowest BCUT2D eigenvalue weighted by Crippen LogP contribution is -2.41. The van der Waals surface area contributed by atoms with Gasteiger partial charge in [0.1, 0.15) is 6.04 Å². The average Bonchev–Trinajstić information content (AvgIpc) is 2.84. The summed E-state index contributed by atoms with van der Waals surface area (Å²) < 4.78 is 33.4. The first-order chi connectivity index (χ1) is 16.3. The van der Waals surface area contributed by atoms with E-state index in [1.165, 1.54) is 7.11 Å². The summed E-state index contributed by atoms with van der Waals surface area (Å²) in [6, 6.07) is 20.4. The minimum absolute atomic E-state index is 0.0701. The van der Waals surface area contributed by atoms with E-state index in [9.17, 15) is 18.0 Å². The Hall–Kier alpha value is -3.49. The second-order valence-electron chi connectivity index (χ2n) is 7.85. The number of aryl methyl sites for hydroxylation is 1. The van der Waals surface area contributed by atoms with Crippen LogP contribution in [0.5, 0.6) is 0 Å². The van der Waals surface area contributed by atoms with Crippen molar-refractivity contribution in [3.8, 4) is 0 Å². The van der Waals surface area contributed by atoms with Gasteiger partial charge in [0.2, 0.25) is 15.9 Å². The lowest BCUT2D eigenvalue weighted by molar-refractivity contribution is -0.122. The van der Waals surface area contributed by atoms with Gasteiger partial charge in [0, 0.05) is 6.54 Å². The molecule has 0 fully saturated rings. The van der Waals surface area contributed by atoms with Crippen LogP contribution in [0, 0.1) is 0 Å². The summed E-state index contributed by atoms with van der Waals surface area (Å²) >= 11 is 0. The summed E-state index contributed by atoms with van der Waals surface area (Å²) in [6.07, 6.45) is 1.78. The highest BCUT2D eigenvalue weighted by Crippen LogP contribution is 2.30. The summed E-state index contributed by atoms with van der Waals surface area (Å²) in [5.41, 5.74) is 8.15. The van der Waals surface area contributed by atoms with Gasteiger partial charge in [0.05, 0.1) is 17.6 Å². The Bertz CT molecular complexity index is 1220. The van der Waals surface area contributed by atoms with Crippen LogP contribution in [0.4, 0.5) is 0 Å². The first-order valence-electron chi connectivity index (χ1n) is 10.9. The number of carbonyl (C=O) groups is 2. The van der Waals surface area contributed by atoms with E-state index >= 15 is 0 Å². The maximum Gasteiger partial charge on any atom is 0.337 e. The zero-order valence-electron chi connectivity index (χ0n) is 19.2. The van der Waals surface area contributed by atoms with Crippen molar-refractivity contribution in [3.05, 3.63) is 101 Å². The maximum absolute atomic E-state index is 13.8. The molecule has 0 aromatic heterocycles. The first-order valence-corrected chi connectivity index (χ1v) is 12.3. The number of hydrogen-bond acceptors (Lipinski definition) is 5. The Morgan fingerprint density at radius 1 is 0.912 bits per heavy atom. The number of rotatable bonds is 10. The van der Waals surface area contributed by atoms with Crippen LogP contribution in [-0.2, 0) is 32.5 Å². The third-order valence-electron chi connectivity index (χ3n) is 5.45. The van der Waals surface area contributed by atoms with Crippen LogP contribution in [0.3, 0.4) is 0 Å². The zero-order valence-corrected chi connectivity index (χ0v) is 20.0. The molecule has 0 aliphatic carbocycles. The maximum atomic E-state index is 13.8. The summed E-state index contributed by atoms with van der Waals surface area (Å²) in [5.74, 6) is -1.29. The number of nitrogens with two attached hydrogens (primary N) is 1. The molecule has 0 heterocycles. The molecule has 3 aromatic carbocycles. The van der Waals surface area contributed by atoms with Gasteiger partial charge in [-0.1, -0.05) is 67.9 Å². The van der Waals surface area contributed by atoms with E-state index in [1.807, 2.05) is 0 Å². The van der Waals surface area contributed by atoms with Gasteiger partial charge < -0.3 is 10.5 Å².